The summed E-state index contributed by atoms with van der Waals surface area (Å²) in [5, 5.41) is 3.64. The van der Waals surface area contributed by atoms with Crippen LogP contribution in [0.5, 0.6) is 0 Å². The first-order valence-electron chi connectivity index (χ1n) is 7.74. The van der Waals surface area contributed by atoms with Gasteiger partial charge < -0.3 is 10.2 Å². The summed E-state index contributed by atoms with van der Waals surface area (Å²) in [6.45, 7) is 0.720. The third-order valence-corrected chi connectivity index (χ3v) is 4.72. The smallest absolute Gasteiger partial charge is 0.222 e. The molecule has 2 saturated heterocycles. The number of carbonyl (C=O) groups excluding carboxylic acids is 1. The van der Waals surface area contributed by atoms with Gasteiger partial charge in [-0.2, -0.15) is 0 Å². The molecule has 2 fully saturated rings. The van der Waals surface area contributed by atoms with Crippen molar-refractivity contribution >= 4 is 5.91 Å². The summed E-state index contributed by atoms with van der Waals surface area (Å²) >= 11 is 0. The summed E-state index contributed by atoms with van der Waals surface area (Å²) in [5.41, 5.74) is 1.20. The van der Waals surface area contributed by atoms with Gasteiger partial charge in [0.2, 0.25) is 5.91 Å². The standard InChI is InChI=1S/C17H24N2O/c1-19(12-13-5-3-2-4-6-13)17(20)11-14-9-15-7-8-16(10-14)18-15/h2-6,14-16,18H,7-12H2,1H3. The monoisotopic (exact) mass is 272 g/mol. The SMILES string of the molecule is CN(Cc1ccccc1)C(=O)CC1CC2CCC(C1)N2. The second-order valence-corrected chi connectivity index (χ2v) is 6.41. The lowest BCUT2D eigenvalue weighted by atomic mass is 9.89. The van der Waals surface area contributed by atoms with Crippen molar-refractivity contribution in [2.45, 2.75) is 50.7 Å². The van der Waals surface area contributed by atoms with Crippen LogP contribution in [0.15, 0.2) is 30.3 Å². The fourth-order valence-corrected chi connectivity index (χ4v) is 3.69. The van der Waals surface area contributed by atoms with E-state index in [1.165, 1.54) is 31.2 Å². The van der Waals surface area contributed by atoms with Crippen molar-refractivity contribution in [1.29, 1.82) is 0 Å². The van der Waals surface area contributed by atoms with Gasteiger partial charge in [0.25, 0.3) is 0 Å². The minimum atomic E-state index is 0.292. The van der Waals surface area contributed by atoms with Gasteiger partial charge in [-0.05, 0) is 37.2 Å². The molecule has 0 aromatic heterocycles. The molecule has 2 bridgehead atoms. The Labute approximate surface area is 121 Å². The predicted octanol–water partition coefficient (Wildman–Crippen LogP) is 2.57. The van der Waals surface area contributed by atoms with Crippen LogP contribution in [0.2, 0.25) is 0 Å². The van der Waals surface area contributed by atoms with Crippen molar-refractivity contribution in [3.63, 3.8) is 0 Å². The molecule has 1 aromatic rings. The zero-order valence-electron chi connectivity index (χ0n) is 12.2. The third kappa shape index (κ3) is 3.21. The van der Waals surface area contributed by atoms with Crippen molar-refractivity contribution in [3.05, 3.63) is 35.9 Å². The van der Waals surface area contributed by atoms with Crippen molar-refractivity contribution < 1.29 is 4.79 Å². The van der Waals surface area contributed by atoms with E-state index in [9.17, 15) is 4.79 Å². The van der Waals surface area contributed by atoms with Crippen LogP contribution in [0.25, 0.3) is 0 Å². The number of rotatable bonds is 4. The average Bonchev–Trinajstić information content (AvgIpc) is 2.79. The summed E-state index contributed by atoms with van der Waals surface area (Å²) in [6, 6.07) is 11.6. The zero-order valence-corrected chi connectivity index (χ0v) is 12.2. The Balaban J connectivity index is 1.51. The molecule has 0 saturated carbocycles. The first kappa shape index (κ1) is 13.6. The second kappa shape index (κ2) is 5.96. The molecular formula is C17H24N2O. The molecule has 3 heteroatoms. The molecular weight excluding hydrogens is 248 g/mol. The number of hydrogen-bond donors (Lipinski definition) is 1. The number of carbonyl (C=O) groups is 1. The number of nitrogens with one attached hydrogen (secondary N) is 1. The molecule has 2 atom stereocenters. The number of hydrogen-bond acceptors (Lipinski definition) is 2. The first-order valence-corrected chi connectivity index (χ1v) is 7.74. The maximum Gasteiger partial charge on any atom is 0.222 e. The Morgan fingerprint density at radius 2 is 1.85 bits per heavy atom. The van der Waals surface area contributed by atoms with E-state index in [4.69, 9.17) is 0 Å². The Hall–Kier alpha value is -1.35. The van der Waals surface area contributed by atoms with Crippen molar-refractivity contribution in [2.24, 2.45) is 5.92 Å². The normalized spacial score (nSPS) is 28.4. The van der Waals surface area contributed by atoms with Crippen LogP contribution in [-0.2, 0) is 11.3 Å². The van der Waals surface area contributed by atoms with Crippen LogP contribution in [0.3, 0.4) is 0 Å². The molecule has 0 spiro atoms. The average molecular weight is 272 g/mol. The lowest BCUT2D eigenvalue weighted by molar-refractivity contribution is -0.131. The number of amides is 1. The van der Waals surface area contributed by atoms with E-state index in [1.54, 1.807) is 0 Å². The van der Waals surface area contributed by atoms with E-state index in [-0.39, 0.29) is 0 Å². The number of benzene rings is 1. The molecule has 2 unspecified atom stereocenters. The minimum absolute atomic E-state index is 0.292. The van der Waals surface area contributed by atoms with E-state index in [1.807, 2.05) is 30.1 Å². The summed E-state index contributed by atoms with van der Waals surface area (Å²) in [6.07, 6.45) is 5.69. The number of nitrogens with zero attached hydrogens (tertiary/aromatic N) is 1. The largest absolute Gasteiger partial charge is 0.341 e. The van der Waals surface area contributed by atoms with Gasteiger partial charge in [0, 0.05) is 32.1 Å². The van der Waals surface area contributed by atoms with Gasteiger partial charge >= 0.3 is 0 Å². The van der Waals surface area contributed by atoms with E-state index in [0.29, 0.717) is 23.9 Å². The zero-order chi connectivity index (χ0) is 13.9. The van der Waals surface area contributed by atoms with Crippen LogP contribution in [0, 0.1) is 5.92 Å². The van der Waals surface area contributed by atoms with Gasteiger partial charge in [-0.15, -0.1) is 0 Å². The Bertz CT molecular complexity index is 447. The molecule has 0 radical (unpaired) electrons. The summed E-state index contributed by atoms with van der Waals surface area (Å²) in [7, 11) is 1.92. The van der Waals surface area contributed by atoms with Gasteiger partial charge in [-0.3, -0.25) is 4.79 Å². The Kier molecular flexibility index (Phi) is 4.06. The molecule has 2 aliphatic heterocycles. The minimum Gasteiger partial charge on any atom is -0.341 e. The van der Waals surface area contributed by atoms with Crippen LogP contribution in [-0.4, -0.2) is 29.9 Å². The maximum absolute atomic E-state index is 12.4. The van der Waals surface area contributed by atoms with Crippen molar-refractivity contribution in [3.8, 4) is 0 Å². The number of piperidine rings is 1. The van der Waals surface area contributed by atoms with Crippen LogP contribution in [0.4, 0.5) is 0 Å². The highest BCUT2D eigenvalue weighted by Gasteiger charge is 2.34. The summed E-state index contributed by atoms with van der Waals surface area (Å²) in [4.78, 5) is 14.2. The molecule has 1 amide bonds. The molecule has 3 rings (SSSR count). The van der Waals surface area contributed by atoms with Crippen molar-refractivity contribution in [1.82, 2.24) is 10.2 Å². The molecule has 2 aliphatic rings. The van der Waals surface area contributed by atoms with E-state index >= 15 is 0 Å². The quantitative estimate of drug-likeness (QED) is 0.913. The van der Waals surface area contributed by atoms with E-state index in [0.717, 1.165) is 13.0 Å². The van der Waals surface area contributed by atoms with Crippen molar-refractivity contribution in [2.75, 3.05) is 7.05 Å². The molecule has 108 valence electrons. The molecule has 20 heavy (non-hydrogen) atoms. The maximum atomic E-state index is 12.4. The van der Waals surface area contributed by atoms with E-state index in [2.05, 4.69) is 17.4 Å². The highest BCUT2D eigenvalue weighted by molar-refractivity contribution is 5.76. The van der Waals surface area contributed by atoms with Crippen LogP contribution in [0.1, 0.15) is 37.7 Å². The highest BCUT2D eigenvalue weighted by atomic mass is 16.2. The highest BCUT2D eigenvalue weighted by Crippen LogP contribution is 2.32. The number of fused-ring (bicyclic) bond motifs is 2. The van der Waals surface area contributed by atoms with E-state index < -0.39 is 0 Å². The van der Waals surface area contributed by atoms with Crippen LogP contribution < -0.4 is 5.32 Å². The summed E-state index contributed by atoms with van der Waals surface area (Å²) in [5.74, 6) is 0.875. The molecule has 1 N–H and O–H groups in total. The fourth-order valence-electron chi connectivity index (χ4n) is 3.69. The Morgan fingerprint density at radius 3 is 2.50 bits per heavy atom. The van der Waals surface area contributed by atoms with Gasteiger partial charge in [0.05, 0.1) is 0 Å². The second-order valence-electron chi connectivity index (χ2n) is 6.41. The molecule has 0 aliphatic carbocycles. The first-order chi connectivity index (χ1) is 9.70. The van der Waals surface area contributed by atoms with Gasteiger partial charge in [-0.1, -0.05) is 30.3 Å². The lowest BCUT2D eigenvalue weighted by Gasteiger charge is -2.30. The van der Waals surface area contributed by atoms with Gasteiger partial charge in [0.1, 0.15) is 0 Å². The lowest BCUT2D eigenvalue weighted by Crippen LogP contribution is -2.39. The molecule has 3 nitrogen and oxygen atoms in total. The topological polar surface area (TPSA) is 32.3 Å². The molecule has 2 heterocycles. The summed E-state index contributed by atoms with van der Waals surface area (Å²) < 4.78 is 0. The fraction of sp³-hybridized carbons (Fsp3) is 0.588. The predicted molar refractivity (Wildman–Crippen MR) is 80.2 cm³/mol. The van der Waals surface area contributed by atoms with Crippen LogP contribution >= 0.6 is 0 Å². The molecule has 1 aromatic carbocycles. The van der Waals surface area contributed by atoms with Gasteiger partial charge in [-0.25, -0.2) is 0 Å². The third-order valence-electron chi connectivity index (χ3n) is 4.72. The van der Waals surface area contributed by atoms with Gasteiger partial charge in [0.15, 0.2) is 0 Å². The Morgan fingerprint density at radius 1 is 1.20 bits per heavy atom.